The Morgan fingerprint density at radius 1 is 1.00 bits per heavy atom. The van der Waals surface area contributed by atoms with Crippen molar-refractivity contribution < 1.29 is 14.3 Å². The van der Waals surface area contributed by atoms with Crippen LogP contribution in [0.15, 0.2) is 65.7 Å². The molecule has 0 aliphatic rings. The summed E-state index contributed by atoms with van der Waals surface area (Å²) in [5.74, 6) is 3.77. The van der Waals surface area contributed by atoms with Crippen molar-refractivity contribution in [2.45, 2.75) is 49.8 Å². The van der Waals surface area contributed by atoms with Gasteiger partial charge in [-0.25, -0.2) is 4.98 Å². The number of ether oxygens (including phenoxy) is 2. The fourth-order valence-corrected chi connectivity index (χ4v) is 7.29. The van der Waals surface area contributed by atoms with Gasteiger partial charge in [0.1, 0.15) is 23.5 Å². The number of esters is 1. The van der Waals surface area contributed by atoms with E-state index in [1.807, 2.05) is 84.2 Å². The van der Waals surface area contributed by atoms with Gasteiger partial charge in [-0.3, -0.25) is 4.79 Å². The summed E-state index contributed by atoms with van der Waals surface area (Å²) in [5.41, 5.74) is 3.80. The topological polar surface area (TPSA) is 72.2 Å². The molecule has 0 aliphatic heterocycles. The van der Waals surface area contributed by atoms with Crippen LogP contribution in [0.25, 0.3) is 22.4 Å². The molecular weight excluding hydrogens is 557 g/mol. The predicted molar refractivity (Wildman–Crippen MR) is 171 cm³/mol. The highest BCUT2D eigenvalue weighted by atomic mass is 32.2. The summed E-state index contributed by atoms with van der Waals surface area (Å²) >= 11 is 5.10. The maximum absolute atomic E-state index is 12.8. The van der Waals surface area contributed by atoms with Crippen molar-refractivity contribution >= 4 is 41.3 Å². The third-order valence-corrected chi connectivity index (χ3v) is 9.80. The molecule has 0 fully saturated rings. The summed E-state index contributed by atoms with van der Waals surface area (Å²) in [6, 6.07) is 21.7. The molecule has 0 bridgehead atoms. The van der Waals surface area contributed by atoms with Crippen LogP contribution in [0.2, 0.25) is 0 Å². The smallest absolute Gasteiger partial charge is 0.316 e. The highest BCUT2D eigenvalue weighted by Gasteiger charge is 2.18. The fraction of sp³-hybridized carbons (Fsp3) is 0.406. The molecule has 0 amide bonds. The SMILES string of the molecule is CCCCSCC(COC(=O)CSc1nc(-c2ccc(OC)cc2)cc(-c2ccccc2)c1C#N)SCCCC. The average Bonchev–Trinajstić information content (AvgIpc) is 3.00. The number of thioether (sulfide) groups is 3. The minimum absolute atomic E-state index is 0.0945. The zero-order valence-corrected chi connectivity index (χ0v) is 26.0. The lowest BCUT2D eigenvalue weighted by Crippen LogP contribution is -2.20. The average molecular weight is 595 g/mol. The summed E-state index contributed by atoms with van der Waals surface area (Å²) in [6.07, 6.45) is 4.73. The molecule has 40 heavy (non-hydrogen) atoms. The Bertz CT molecular complexity index is 1230. The van der Waals surface area contributed by atoms with Gasteiger partial charge in [0.2, 0.25) is 0 Å². The second-order valence-corrected chi connectivity index (χ2v) is 12.7. The van der Waals surface area contributed by atoms with E-state index in [4.69, 9.17) is 14.5 Å². The van der Waals surface area contributed by atoms with Crippen molar-refractivity contribution in [2.24, 2.45) is 0 Å². The third kappa shape index (κ3) is 10.1. The van der Waals surface area contributed by atoms with Crippen molar-refractivity contribution in [3.8, 4) is 34.2 Å². The number of aromatic nitrogens is 1. The number of methoxy groups -OCH3 is 1. The van der Waals surface area contributed by atoms with Crippen LogP contribution in [-0.4, -0.2) is 52.9 Å². The Labute approximate surface area is 251 Å². The molecule has 5 nitrogen and oxygen atoms in total. The zero-order chi connectivity index (χ0) is 28.6. The number of rotatable bonds is 17. The summed E-state index contributed by atoms with van der Waals surface area (Å²) in [6.45, 7) is 4.81. The molecular formula is C32H38N2O3S3. The van der Waals surface area contributed by atoms with E-state index in [1.54, 1.807) is 7.11 Å². The molecule has 0 spiro atoms. The molecule has 1 atom stereocenters. The summed E-state index contributed by atoms with van der Waals surface area (Å²) in [4.78, 5) is 17.6. The molecule has 8 heteroatoms. The molecule has 3 aromatic rings. The van der Waals surface area contributed by atoms with Crippen molar-refractivity contribution in [3.63, 3.8) is 0 Å². The maximum atomic E-state index is 12.8. The normalized spacial score (nSPS) is 11.6. The van der Waals surface area contributed by atoms with Gasteiger partial charge in [-0.15, -0.1) is 0 Å². The number of hydrogen-bond donors (Lipinski definition) is 0. The van der Waals surface area contributed by atoms with Gasteiger partial charge in [-0.05, 0) is 60.2 Å². The lowest BCUT2D eigenvalue weighted by Gasteiger charge is -2.17. The van der Waals surface area contributed by atoms with E-state index in [1.165, 1.54) is 31.0 Å². The lowest BCUT2D eigenvalue weighted by atomic mass is 9.99. The minimum Gasteiger partial charge on any atom is -0.497 e. The van der Waals surface area contributed by atoms with E-state index >= 15 is 0 Å². The van der Waals surface area contributed by atoms with E-state index in [0.29, 0.717) is 22.4 Å². The number of carbonyl (C=O) groups is 1. The van der Waals surface area contributed by atoms with Crippen LogP contribution in [-0.2, 0) is 9.53 Å². The fourth-order valence-electron chi connectivity index (χ4n) is 3.84. The Balaban J connectivity index is 1.75. The van der Waals surface area contributed by atoms with Gasteiger partial charge in [0, 0.05) is 22.1 Å². The Kier molecular flexibility index (Phi) is 14.3. The molecule has 0 aliphatic carbocycles. The van der Waals surface area contributed by atoms with Crippen molar-refractivity contribution in [3.05, 3.63) is 66.2 Å². The number of pyridine rings is 1. The van der Waals surface area contributed by atoms with E-state index in [9.17, 15) is 10.1 Å². The van der Waals surface area contributed by atoms with Gasteiger partial charge >= 0.3 is 5.97 Å². The number of nitriles is 1. The number of carbonyl (C=O) groups excluding carboxylic acids is 1. The molecule has 3 rings (SSSR count). The van der Waals surface area contributed by atoms with E-state index < -0.39 is 0 Å². The monoisotopic (exact) mass is 594 g/mol. The standard InChI is InChI=1S/C32H38N2O3S3/c1-4-6-17-38-22-27(39-18-7-5-2)21-37-31(35)23-40-32-29(20-33)28(24-11-9-8-10-12-24)19-30(34-32)25-13-15-26(36-3)16-14-25/h8-16,19,27H,4-7,17-18,21-23H2,1-3H3. The molecule has 0 radical (unpaired) electrons. The van der Waals surface area contributed by atoms with Gasteiger partial charge in [-0.2, -0.15) is 28.8 Å². The first kappa shape index (κ1) is 31.9. The van der Waals surface area contributed by atoms with Crippen LogP contribution in [0.3, 0.4) is 0 Å². The summed E-state index contributed by atoms with van der Waals surface area (Å²) < 4.78 is 11.0. The highest BCUT2D eigenvalue weighted by molar-refractivity contribution is 8.03. The van der Waals surface area contributed by atoms with Crippen LogP contribution in [0.5, 0.6) is 5.75 Å². The Morgan fingerprint density at radius 2 is 1.73 bits per heavy atom. The van der Waals surface area contributed by atoms with Crippen LogP contribution < -0.4 is 4.74 Å². The number of hydrogen-bond acceptors (Lipinski definition) is 8. The summed E-state index contributed by atoms with van der Waals surface area (Å²) in [7, 11) is 1.63. The van der Waals surface area contributed by atoms with Crippen molar-refractivity contribution in [1.82, 2.24) is 4.98 Å². The lowest BCUT2D eigenvalue weighted by molar-refractivity contribution is -0.140. The molecule has 212 valence electrons. The van der Waals surface area contributed by atoms with Gasteiger partial charge in [0.15, 0.2) is 0 Å². The zero-order valence-electron chi connectivity index (χ0n) is 23.6. The maximum Gasteiger partial charge on any atom is 0.316 e. The molecule has 1 unspecified atom stereocenters. The van der Waals surface area contributed by atoms with Gasteiger partial charge < -0.3 is 9.47 Å². The quantitative estimate of drug-likeness (QED) is 0.0877. The first-order valence-corrected chi connectivity index (χ1v) is 16.9. The molecule has 0 saturated carbocycles. The largest absolute Gasteiger partial charge is 0.497 e. The van der Waals surface area contributed by atoms with Gasteiger partial charge in [-0.1, -0.05) is 68.8 Å². The predicted octanol–water partition coefficient (Wildman–Crippen LogP) is 8.37. The number of unbranched alkanes of at least 4 members (excludes halogenated alkanes) is 2. The Morgan fingerprint density at radius 3 is 2.40 bits per heavy atom. The van der Waals surface area contributed by atoms with Crippen molar-refractivity contribution in [1.29, 1.82) is 5.26 Å². The molecule has 1 aromatic heterocycles. The highest BCUT2D eigenvalue weighted by Crippen LogP contribution is 2.34. The first-order valence-electron chi connectivity index (χ1n) is 13.7. The minimum atomic E-state index is -0.286. The first-order chi connectivity index (χ1) is 19.6. The van der Waals surface area contributed by atoms with Crippen molar-refractivity contribution in [2.75, 3.05) is 36.7 Å². The van der Waals surface area contributed by atoms with E-state index in [0.717, 1.165) is 51.8 Å². The molecule has 0 N–H and O–H groups in total. The molecule has 0 saturated heterocycles. The van der Waals surface area contributed by atoms with Gasteiger partial charge in [0.05, 0.1) is 24.1 Å². The van der Waals surface area contributed by atoms with E-state index in [-0.39, 0.29) is 11.7 Å². The molecule has 1 heterocycles. The van der Waals surface area contributed by atoms with Crippen LogP contribution >= 0.6 is 35.3 Å². The number of nitrogens with zero attached hydrogens (tertiary/aromatic N) is 2. The van der Waals surface area contributed by atoms with Crippen LogP contribution in [0.4, 0.5) is 0 Å². The Hall–Kier alpha value is -2.60. The van der Waals surface area contributed by atoms with E-state index in [2.05, 4.69) is 19.9 Å². The number of benzene rings is 2. The third-order valence-electron chi connectivity index (χ3n) is 6.12. The van der Waals surface area contributed by atoms with Crippen LogP contribution in [0.1, 0.15) is 45.1 Å². The van der Waals surface area contributed by atoms with Gasteiger partial charge in [0.25, 0.3) is 0 Å². The van der Waals surface area contributed by atoms with Crippen LogP contribution in [0, 0.1) is 11.3 Å². The second kappa shape index (κ2) is 18.0. The summed E-state index contributed by atoms with van der Waals surface area (Å²) in [5, 5.41) is 10.9. The molecule has 2 aromatic carbocycles. The second-order valence-electron chi connectivity index (χ2n) is 9.19.